The van der Waals surface area contributed by atoms with Gasteiger partial charge in [0.1, 0.15) is 0 Å². The van der Waals surface area contributed by atoms with Crippen LogP contribution >= 0.6 is 23.2 Å². The predicted molar refractivity (Wildman–Crippen MR) is 58.4 cm³/mol. The number of alkyl halides is 2. The van der Waals surface area contributed by atoms with Crippen molar-refractivity contribution in [2.24, 2.45) is 0 Å². The maximum Gasteiger partial charge on any atom is 0.0471 e. The highest BCUT2D eigenvalue weighted by molar-refractivity contribution is 6.28. The summed E-state index contributed by atoms with van der Waals surface area (Å²) in [7, 11) is 0. The van der Waals surface area contributed by atoms with Gasteiger partial charge < -0.3 is 0 Å². The first-order chi connectivity index (χ1) is 5.81. The van der Waals surface area contributed by atoms with Crippen LogP contribution < -0.4 is 0 Å². The second-order valence-electron chi connectivity index (χ2n) is 3.31. The molecule has 0 radical (unpaired) electrons. The van der Waals surface area contributed by atoms with Gasteiger partial charge in [0.2, 0.25) is 0 Å². The van der Waals surface area contributed by atoms with Crippen LogP contribution in [-0.2, 0) is 0 Å². The van der Waals surface area contributed by atoms with E-state index in [1.54, 1.807) is 0 Å². The van der Waals surface area contributed by atoms with Crippen molar-refractivity contribution in [3.63, 3.8) is 0 Å². The van der Waals surface area contributed by atoms with Gasteiger partial charge in [-0.2, -0.15) is 0 Å². The van der Waals surface area contributed by atoms with Crippen molar-refractivity contribution in [1.82, 2.24) is 0 Å². The van der Waals surface area contributed by atoms with Gasteiger partial charge in [-0.3, -0.25) is 0 Å². The van der Waals surface area contributed by atoms with E-state index >= 15 is 0 Å². The van der Waals surface area contributed by atoms with Gasteiger partial charge in [0.15, 0.2) is 0 Å². The lowest BCUT2D eigenvalue weighted by atomic mass is 10.1. The standard InChI is InChI=1S/C10H20Cl2/c1-2-3-4-5-6-7-8-10(12)9-11/h10H,2-9H2,1H3/t10-/m1/s1. The number of hydrogen-bond acceptors (Lipinski definition) is 0. The van der Waals surface area contributed by atoms with Crippen LogP contribution in [0.15, 0.2) is 0 Å². The van der Waals surface area contributed by atoms with Crippen molar-refractivity contribution >= 4 is 23.2 Å². The van der Waals surface area contributed by atoms with E-state index in [4.69, 9.17) is 23.2 Å². The fourth-order valence-corrected chi connectivity index (χ4v) is 1.53. The predicted octanol–water partition coefficient (Wildman–Crippen LogP) is 4.58. The fraction of sp³-hybridized carbons (Fsp3) is 1.00. The minimum absolute atomic E-state index is 0.192. The topological polar surface area (TPSA) is 0 Å². The van der Waals surface area contributed by atoms with Crippen molar-refractivity contribution in [1.29, 1.82) is 0 Å². The zero-order valence-corrected chi connectivity index (χ0v) is 9.50. The van der Waals surface area contributed by atoms with E-state index in [2.05, 4.69) is 6.92 Å². The SMILES string of the molecule is CCCCCCCC[C@@H](Cl)CCl. The molecule has 0 fully saturated rings. The molecule has 0 spiro atoms. The first-order valence-electron chi connectivity index (χ1n) is 5.01. The van der Waals surface area contributed by atoms with Crippen LogP contribution in [0.1, 0.15) is 51.9 Å². The summed E-state index contributed by atoms with van der Waals surface area (Å²) in [6.07, 6.45) is 9.07. The van der Waals surface area contributed by atoms with Crippen molar-refractivity contribution in [3.8, 4) is 0 Å². The monoisotopic (exact) mass is 210 g/mol. The lowest BCUT2D eigenvalue weighted by Gasteiger charge is -2.04. The van der Waals surface area contributed by atoms with Crippen molar-refractivity contribution in [2.75, 3.05) is 5.88 Å². The molecule has 0 unspecified atom stereocenters. The molecule has 0 aliphatic carbocycles. The van der Waals surface area contributed by atoms with Crippen LogP contribution in [0.4, 0.5) is 0 Å². The van der Waals surface area contributed by atoms with Crippen molar-refractivity contribution < 1.29 is 0 Å². The quantitative estimate of drug-likeness (QED) is 0.407. The molecule has 0 nitrogen and oxygen atoms in total. The molecule has 12 heavy (non-hydrogen) atoms. The third-order valence-electron chi connectivity index (χ3n) is 2.04. The molecule has 0 aromatic heterocycles. The largest absolute Gasteiger partial charge is 0.125 e. The highest BCUT2D eigenvalue weighted by Crippen LogP contribution is 2.12. The van der Waals surface area contributed by atoms with Gasteiger partial charge in [-0.05, 0) is 6.42 Å². The Morgan fingerprint density at radius 3 is 2.17 bits per heavy atom. The van der Waals surface area contributed by atoms with E-state index < -0.39 is 0 Å². The average Bonchev–Trinajstić information content (AvgIpc) is 2.10. The van der Waals surface area contributed by atoms with Crippen molar-refractivity contribution in [3.05, 3.63) is 0 Å². The summed E-state index contributed by atoms with van der Waals surface area (Å²) in [4.78, 5) is 0. The smallest absolute Gasteiger partial charge is 0.0471 e. The fourth-order valence-electron chi connectivity index (χ4n) is 1.22. The Labute approximate surface area is 86.6 Å². The first kappa shape index (κ1) is 12.6. The molecule has 0 aromatic rings. The summed E-state index contributed by atoms with van der Waals surface area (Å²) in [5.41, 5.74) is 0. The van der Waals surface area contributed by atoms with Gasteiger partial charge in [-0.1, -0.05) is 45.4 Å². The van der Waals surface area contributed by atoms with Crippen LogP contribution in [0.3, 0.4) is 0 Å². The maximum absolute atomic E-state index is 5.87. The molecule has 0 aromatic carbocycles. The Morgan fingerprint density at radius 2 is 1.58 bits per heavy atom. The molecule has 2 heteroatoms. The first-order valence-corrected chi connectivity index (χ1v) is 5.98. The summed E-state index contributed by atoms with van der Waals surface area (Å²) < 4.78 is 0. The summed E-state index contributed by atoms with van der Waals surface area (Å²) in [5, 5.41) is 0.192. The second-order valence-corrected chi connectivity index (χ2v) is 4.23. The zero-order chi connectivity index (χ0) is 9.23. The lowest BCUT2D eigenvalue weighted by Crippen LogP contribution is -1.99. The van der Waals surface area contributed by atoms with Gasteiger partial charge in [-0.15, -0.1) is 23.2 Å². The summed E-state index contributed by atoms with van der Waals surface area (Å²) in [6, 6.07) is 0. The molecule has 0 saturated heterocycles. The molecule has 0 aliphatic rings. The molecular formula is C10H20Cl2. The van der Waals surface area contributed by atoms with Crippen LogP contribution in [0.5, 0.6) is 0 Å². The molecule has 1 atom stereocenters. The zero-order valence-electron chi connectivity index (χ0n) is 7.99. The van der Waals surface area contributed by atoms with E-state index in [-0.39, 0.29) is 5.38 Å². The average molecular weight is 211 g/mol. The van der Waals surface area contributed by atoms with Gasteiger partial charge >= 0.3 is 0 Å². The Morgan fingerprint density at radius 1 is 1.00 bits per heavy atom. The molecule has 0 heterocycles. The Balaban J connectivity index is 2.90. The van der Waals surface area contributed by atoms with Crippen LogP contribution in [-0.4, -0.2) is 11.3 Å². The summed E-state index contributed by atoms with van der Waals surface area (Å²) >= 11 is 11.5. The molecular weight excluding hydrogens is 191 g/mol. The van der Waals surface area contributed by atoms with Gasteiger partial charge in [-0.25, -0.2) is 0 Å². The van der Waals surface area contributed by atoms with E-state index in [0.717, 1.165) is 6.42 Å². The third kappa shape index (κ3) is 8.67. The van der Waals surface area contributed by atoms with Crippen LogP contribution in [0.25, 0.3) is 0 Å². The van der Waals surface area contributed by atoms with Gasteiger partial charge in [0.05, 0.1) is 0 Å². The number of rotatable bonds is 8. The van der Waals surface area contributed by atoms with E-state index in [0.29, 0.717) is 5.88 Å². The molecule has 0 bridgehead atoms. The Kier molecular flexibility index (Phi) is 10.1. The highest BCUT2D eigenvalue weighted by Gasteiger charge is 2.00. The summed E-state index contributed by atoms with van der Waals surface area (Å²) in [5.74, 6) is 0.594. The normalized spacial score (nSPS) is 13.2. The minimum atomic E-state index is 0.192. The van der Waals surface area contributed by atoms with E-state index in [1.807, 2.05) is 0 Å². The Hall–Kier alpha value is 0.580. The number of halogens is 2. The molecule has 0 saturated carbocycles. The lowest BCUT2D eigenvalue weighted by molar-refractivity contribution is 0.588. The molecule has 0 aliphatic heterocycles. The molecule has 0 rings (SSSR count). The van der Waals surface area contributed by atoms with Gasteiger partial charge in [0, 0.05) is 11.3 Å². The van der Waals surface area contributed by atoms with Crippen LogP contribution in [0.2, 0.25) is 0 Å². The molecule has 0 N–H and O–H groups in total. The van der Waals surface area contributed by atoms with Gasteiger partial charge in [0.25, 0.3) is 0 Å². The number of unbranched alkanes of at least 4 members (excludes halogenated alkanes) is 5. The van der Waals surface area contributed by atoms with Crippen molar-refractivity contribution in [2.45, 2.75) is 57.2 Å². The minimum Gasteiger partial charge on any atom is -0.125 e. The number of hydrogen-bond donors (Lipinski definition) is 0. The van der Waals surface area contributed by atoms with E-state index in [1.165, 1.54) is 38.5 Å². The van der Waals surface area contributed by atoms with Crippen LogP contribution in [0, 0.1) is 0 Å². The molecule has 0 amide bonds. The Bertz CT molecular complexity index is 83.9. The summed E-state index contributed by atoms with van der Waals surface area (Å²) in [6.45, 7) is 2.24. The second kappa shape index (κ2) is 9.67. The third-order valence-corrected chi connectivity index (χ3v) is 2.94. The highest BCUT2D eigenvalue weighted by atomic mass is 35.5. The molecule has 74 valence electrons. The van der Waals surface area contributed by atoms with E-state index in [9.17, 15) is 0 Å². The maximum atomic E-state index is 5.87.